The van der Waals surface area contributed by atoms with Crippen LogP contribution in [0.4, 0.5) is 0 Å². The summed E-state index contributed by atoms with van der Waals surface area (Å²) < 4.78 is 1.16. The molecule has 33 heavy (non-hydrogen) atoms. The molecule has 0 saturated carbocycles. The molecule has 2 atom stereocenters. The Kier molecular flexibility index (Phi) is 6.90. The van der Waals surface area contributed by atoms with Crippen LogP contribution in [0, 0.1) is 5.92 Å². The van der Waals surface area contributed by atoms with Gasteiger partial charge in [0.15, 0.2) is 0 Å². The normalized spacial score (nSPS) is 13.0. The lowest BCUT2D eigenvalue weighted by molar-refractivity contribution is -0.146. The van der Waals surface area contributed by atoms with E-state index in [1.165, 1.54) is 0 Å². The number of benzene rings is 3. The van der Waals surface area contributed by atoms with Crippen molar-refractivity contribution in [2.24, 2.45) is 5.92 Å². The first-order valence-electron chi connectivity index (χ1n) is 10.9. The lowest BCUT2D eigenvalue weighted by Gasteiger charge is -2.19. The second-order valence-corrected chi connectivity index (χ2v) is 8.04. The topological polar surface area (TPSA) is 105 Å². The van der Waals surface area contributed by atoms with Crippen molar-refractivity contribution in [3.05, 3.63) is 94.8 Å². The molecule has 0 saturated heterocycles. The largest absolute Gasteiger partial charge is 0.481 e. The molecule has 0 amide bonds. The molecule has 4 aromatic rings. The maximum Gasteiger partial charge on any atom is 0.309 e. The molecule has 7 nitrogen and oxygen atoms in total. The summed E-state index contributed by atoms with van der Waals surface area (Å²) in [5, 5.41) is 28.6. The molecule has 1 aromatic heterocycles. The van der Waals surface area contributed by atoms with Crippen LogP contribution in [0.5, 0.6) is 0 Å². The molecule has 168 valence electrons. The Labute approximate surface area is 190 Å². The molecule has 0 aliphatic heterocycles. The summed E-state index contributed by atoms with van der Waals surface area (Å²) in [5.41, 5.74) is 3.42. The quantitative estimate of drug-likeness (QED) is 0.410. The minimum Gasteiger partial charge on any atom is -0.481 e. The SMILES string of the molecule is O=C(O)C(CCn1nnc2ccccc2c1=O)[C@H](O)CCc1ccc(-c2ccccc2)cc1. The van der Waals surface area contributed by atoms with E-state index >= 15 is 0 Å². The number of aliphatic hydroxyl groups is 1. The highest BCUT2D eigenvalue weighted by Gasteiger charge is 2.26. The third-order valence-corrected chi connectivity index (χ3v) is 5.85. The summed E-state index contributed by atoms with van der Waals surface area (Å²) in [4.78, 5) is 24.4. The molecule has 2 N–H and O–H groups in total. The lowest BCUT2D eigenvalue weighted by Crippen LogP contribution is -2.32. The number of aryl methyl sites for hydroxylation is 2. The van der Waals surface area contributed by atoms with Crippen LogP contribution in [-0.2, 0) is 17.8 Å². The van der Waals surface area contributed by atoms with Gasteiger partial charge in [-0.25, -0.2) is 4.68 Å². The number of hydrogen-bond acceptors (Lipinski definition) is 5. The van der Waals surface area contributed by atoms with Crippen molar-refractivity contribution in [2.45, 2.75) is 31.9 Å². The van der Waals surface area contributed by atoms with E-state index in [1.54, 1.807) is 24.3 Å². The van der Waals surface area contributed by atoms with Crippen molar-refractivity contribution in [3.8, 4) is 11.1 Å². The average molecular weight is 444 g/mol. The maximum atomic E-state index is 12.6. The fourth-order valence-electron chi connectivity index (χ4n) is 3.92. The monoisotopic (exact) mass is 443 g/mol. The van der Waals surface area contributed by atoms with Crippen LogP contribution in [0.1, 0.15) is 18.4 Å². The third kappa shape index (κ3) is 5.32. The lowest BCUT2D eigenvalue weighted by atomic mass is 9.93. The van der Waals surface area contributed by atoms with Gasteiger partial charge in [-0.3, -0.25) is 9.59 Å². The van der Waals surface area contributed by atoms with Gasteiger partial charge < -0.3 is 10.2 Å². The number of fused-ring (bicyclic) bond motifs is 1. The predicted octanol–water partition coefficient (Wildman–Crippen LogP) is 3.54. The van der Waals surface area contributed by atoms with Crippen LogP contribution < -0.4 is 5.56 Å². The molecule has 1 unspecified atom stereocenters. The summed E-state index contributed by atoms with van der Waals surface area (Å²) in [6.45, 7) is 0.0659. The van der Waals surface area contributed by atoms with E-state index in [4.69, 9.17) is 0 Å². The predicted molar refractivity (Wildman–Crippen MR) is 126 cm³/mol. The van der Waals surface area contributed by atoms with Crippen LogP contribution in [0.25, 0.3) is 22.0 Å². The minimum atomic E-state index is -1.09. The molecule has 0 aliphatic carbocycles. The zero-order valence-electron chi connectivity index (χ0n) is 18.0. The van der Waals surface area contributed by atoms with Gasteiger partial charge in [-0.15, -0.1) is 5.10 Å². The van der Waals surface area contributed by atoms with Crippen molar-refractivity contribution >= 4 is 16.9 Å². The zero-order chi connectivity index (χ0) is 23.2. The molecule has 7 heteroatoms. The summed E-state index contributed by atoms with van der Waals surface area (Å²) >= 11 is 0. The summed E-state index contributed by atoms with van der Waals surface area (Å²) in [6, 6.07) is 25.0. The fraction of sp³-hybridized carbons (Fsp3) is 0.231. The number of aliphatic hydroxyl groups excluding tert-OH is 1. The molecule has 0 spiro atoms. The Balaban J connectivity index is 1.37. The van der Waals surface area contributed by atoms with Crippen molar-refractivity contribution in [1.82, 2.24) is 15.0 Å². The Morgan fingerprint density at radius 1 is 0.879 bits per heavy atom. The van der Waals surface area contributed by atoms with Gasteiger partial charge in [0.05, 0.1) is 17.4 Å². The molecule has 3 aromatic carbocycles. The highest BCUT2D eigenvalue weighted by atomic mass is 16.4. The maximum absolute atomic E-state index is 12.6. The number of carboxylic acids is 1. The first-order chi connectivity index (χ1) is 16.0. The van der Waals surface area contributed by atoms with Crippen LogP contribution in [-0.4, -0.2) is 37.3 Å². The van der Waals surface area contributed by atoms with Crippen LogP contribution in [0.15, 0.2) is 83.7 Å². The molecule has 0 radical (unpaired) electrons. The Morgan fingerprint density at radius 2 is 1.55 bits per heavy atom. The van der Waals surface area contributed by atoms with Crippen LogP contribution in [0.2, 0.25) is 0 Å². The van der Waals surface area contributed by atoms with E-state index in [0.29, 0.717) is 23.7 Å². The molecule has 0 aliphatic rings. The van der Waals surface area contributed by atoms with E-state index in [9.17, 15) is 19.8 Å². The molecule has 4 rings (SSSR count). The van der Waals surface area contributed by atoms with Gasteiger partial charge in [0.1, 0.15) is 5.52 Å². The zero-order valence-corrected chi connectivity index (χ0v) is 18.0. The summed E-state index contributed by atoms with van der Waals surface area (Å²) in [7, 11) is 0. The van der Waals surface area contributed by atoms with E-state index in [-0.39, 0.29) is 18.5 Å². The van der Waals surface area contributed by atoms with E-state index in [1.807, 2.05) is 54.6 Å². The van der Waals surface area contributed by atoms with Gasteiger partial charge in [0, 0.05) is 6.54 Å². The number of rotatable bonds is 9. The number of nitrogens with zero attached hydrogens (tertiary/aromatic N) is 3. The fourth-order valence-corrected chi connectivity index (χ4v) is 3.92. The van der Waals surface area contributed by atoms with Crippen molar-refractivity contribution in [1.29, 1.82) is 0 Å². The van der Waals surface area contributed by atoms with Crippen molar-refractivity contribution in [3.63, 3.8) is 0 Å². The smallest absolute Gasteiger partial charge is 0.309 e. The van der Waals surface area contributed by atoms with Gasteiger partial charge >= 0.3 is 5.97 Å². The van der Waals surface area contributed by atoms with Gasteiger partial charge in [-0.05, 0) is 48.1 Å². The Morgan fingerprint density at radius 3 is 2.27 bits per heavy atom. The van der Waals surface area contributed by atoms with Gasteiger partial charge in [0.25, 0.3) is 5.56 Å². The Hall–Kier alpha value is -3.84. The van der Waals surface area contributed by atoms with E-state index in [0.717, 1.165) is 21.4 Å². The minimum absolute atomic E-state index is 0.0659. The summed E-state index contributed by atoms with van der Waals surface area (Å²) in [6.07, 6.45) is -0.105. The van der Waals surface area contributed by atoms with E-state index < -0.39 is 18.0 Å². The van der Waals surface area contributed by atoms with Gasteiger partial charge in [0.2, 0.25) is 0 Å². The molecule has 0 bridgehead atoms. The number of aliphatic carboxylic acids is 1. The second-order valence-electron chi connectivity index (χ2n) is 8.04. The van der Waals surface area contributed by atoms with Crippen LogP contribution in [0.3, 0.4) is 0 Å². The van der Waals surface area contributed by atoms with Gasteiger partial charge in [-0.1, -0.05) is 71.9 Å². The average Bonchev–Trinajstić information content (AvgIpc) is 2.85. The molecular formula is C26H25N3O4. The van der Waals surface area contributed by atoms with E-state index in [2.05, 4.69) is 10.3 Å². The van der Waals surface area contributed by atoms with Crippen molar-refractivity contribution in [2.75, 3.05) is 0 Å². The van der Waals surface area contributed by atoms with Gasteiger partial charge in [-0.2, -0.15) is 0 Å². The van der Waals surface area contributed by atoms with Crippen LogP contribution >= 0.6 is 0 Å². The Bertz CT molecular complexity index is 1290. The first kappa shape index (κ1) is 22.4. The van der Waals surface area contributed by atoms with Crippen molar-refractivity contribution < 1.29 is 15.0 Å². The number of carboxylic acid groups (broad SMARTS) is 1. The number of carbonyl (C=O) groups is 1. The standard InChI is InChI=1S/C26H25N3O4/c30-24(15-12-18-10-13-20(14-11-18)19-6-2-1-3-7-19)22(26(32)33)16-17-29-25(31)21-8-4-5-9-23(21)27-28-29/h1-11,13-14,22,24,30H,12,15-17H2,(H,32,33)/t22?,24-/m1/s1. The second kappa shape index (κ2) is 10.2. The number of aromatic nitrogens is 3. The highest BCUT2D eigenvalue weighted by Crippen LogP contribution is 2.21. The molecule has 1 heterocycles. The molecular weight excluding hydrogens is 418 g/mol. The third-order valence-electron chi connectivity index (χ3n) is 5.85. The molecule has 0 fully saturated rings. The number of hydrogen-bond donors (Lipinski definition) is 2. The summed E-state index contributed by atoms with van der Waals surface area (Å²) in [5.74, 6) is -2.10. The first-order valence-corrected chi connectivity index (χ1v) is 10.9. The highest BCUT2D eigenvalue weighted by molar-refractivity contribution is 5.76.